The third kappa shape index (κ3) is 2.65. The van der Waals surface area contributed by atoms with Gasteiger partial charge in [-0.2, -0.15) is 5.10 Å². The number of rotatable bonds is 3. The van der Waals surface area contributed by atoms with E-state index in [1.165, 1.54) is 0 Å². The van der Waals surface area contributed by atoms with Gasteiger partial charge >= 0.3 is 0 Å². The maximum atomic E-state index is 12.2. The second kappa shape index (κ2) is 6.16. The van der Waals surface area contributed by atoms with Gasteiger partial charge in [0, 0.05) is 16.8 Å². The highest BCUT2D eigenvalue weighted by Crippen LogP contribution is 2.49. The number of para-hydroxylation sites is 1. The van der Waals surface area contributed by atoms with Crippen LogP contribution in [0, 0.1) is 6.92 Å². The normalized spacial score (nSPS) is 20.4. The van der Waals surface area contributed by atoms with Crippen LogP contribution in [0.3, 0.4) is 0 Å². The Morgan fingerprint density at radius 2 is 2.04 bits per heavy atom. The van der Waals surface area contributed by atoms with E-state index in [9.17, 15) is 4.79 Å². The summed E-state index contributed by atoms with van der Waals surface area (Å²) in [7, 11) is 3.24. The summed E-state index contributed by atoms with van der Waals surface area (Å²) >= 11 is 1.57. The first-order valence-corrected chi connectivity index (χ1v) is 8.23. The number of anilines is 1. The smallest absolute Gasteiger partial charge is 0.238 e. The topological polar surface area (TPSA) is 76.2 Å². The highest BCUT2D eigenvalue weighted by atomic mass is 32.2. The number of thioether (sulfide) groups is 1. The summed E-state index contributed by atoms with van der Waals surface area (Å²) in [5.41, 5.74) is 2.86. The third-order valence-corrected chi connectivity index (χ3v) is 5.31. The molecule has 1 aromatic heterocycles. The Morgan fingerprint density at radius 1 is 1.26 bits per heavy atom. The van der Waals surface area contributed by atoms with Crippen LogP contribution in [0.25, 0.3) is 0 Å². The molecule has 0 aliphatic carbocycles. The van der Waals surface area contributed by atoms with Crippen LogP contribution in [-0.2, 0) is 4.79 Å². The number of benzene rings is 1. The summed E-state index contributed by atoms with van der Waals surface area (Å²) in [4.78, 5) is 12.2. The van der Waals surface area contributed by atoms with Gasteiger partial charge in [-0.1, -0.05) is 12.1 Å². The number of nitrogens with one attached hydrogen (secondary N) is 2. The molecule has 2 N–H and O–H groups in total. The average molecular weight is 333 g/mol. The van der Waals surface area contributed by atoms with Crippen molar-refractivity contribution in [2.75, 3.05) is 19.5 Å². The average Bonchev–Trinajstić information content (AvgIpc) is 2.85. The first kappa shape index (κ1) is 15.7. The van der Waals surface area contributed by atoms with E-state index in [-0.39, 0.29) is 16.4 Å². The largest absolute Gasteiger partial charge is 0.493 e. The molecule has 7 heteroatoms. The zero-order valence-corrected chi connectivity index (χ0v) is 14.3. The molecule has 1 aliphatic heterocycles. The molecule has 0 saturated carbocycles. The minimum absolute atomic E-state index is 0.0490. The number of aromatic amines is 1. The van der Waals surface area contributed by atoms with E-state index < -0.39 is 0 Å². The summed E-state index contributed by atoms with van der Waals surface area (Å²) in [5, 5.41) is 9.79. The van der Waals surface area contributed by atoms with E-state index in [0.29, 0.717) is 17.3 Å². The molecule has 0 fully saturated rings. The highest BCUT2D eigenvalue weighted by molar-refractivity contribution is 8.01. The van der Waals surface area contributed by atoms with Crippen molar-refractivity contribution in [3.63, 3.8) is 0 Å². The maximum Gasteiger partial charge on any atom is 0.238 e. The molecule has 0 unspecified atom stereocenters. The fourth-order valence-corrected chi connectivity index (χ4v) is 4.10. The van der Waals surface area contributed by atoms with Crippen LogP contribution in [0.5, 0.6) is 11.5 Å². The van der Waals surface area contributed by atoms with Crippen molar-refractivity contribution in [3.8, 4) is 11.5 Å². The first-order valence-electron chi connectivity index (χ1n) is 7.28. The molecular formula is C16H19N3O3S. The molecule has 6 nitrogen and oxygen atoms in total. The molecule has 1 aromatic carbocycles. The zero-order chi connectivity index (χ0) is 16.6. The number of ether oxygens (including phenoxy) is 2. The molecule has 0 bridgehead atoms. The van der Waals surface area contributed by atoms with Gasteiger partial charge in [-0.3, -0.25) is 9.89 Å². The Hall–Kier alpha value is -2.15. The van der Waals surface area contributed by atoms with E-state index in [1.54, 1.807) is 26.0 Å². The number of hydrogen-bond donors (Lipinski definition) is 2. The Morgan fingerprint density at radius 3 is 2.74 bits per heavy atom. The van der Waals surface area contributed by atoms with Gasteiger partial charge in [-0.25, -0.2) is 0 Å². The van der Waals surface area contributed by atoms with E-state index in [1.807, 2.05) is 32.0 Å². The van der Waals surface area contributed by atoms with Gasteiger partial charge in [0.1, 0.15) is 0 Å². The second-order valence-electron chi connectivity index (χ2n) is 5.34. The number of amides is 1. The first-order chi connectivity index (χ1) is 11.1. The van der Waals surface area contributed by atoms with Crippen molar-refractivity contribution < 1.29 is 14.3 Å². The molecule has 0 spiro atoms. The third-order valence-electron chi connectivity index (χ3n) is 3.92. The summed E-state index contributed by atoms with van der Waals surface area (Å²) in [6.07, 6.45) is 0. The molecule has 2 atom stereocenters. The van der Waals surface area contributed by atoms with E-state index in [0.717, 1.165) is 16.8 Å². The van der Waals surface area contributed by atoms with Gasteiger partial charge < -0.3 is 14.8 Å². The van der Waals surface area contributed by atoms with E-state index in [2.05, 4.69) is 15.5 Å². The van der Waals surface area contributed by atoms with Crippen molar-refractivity contribution in [2.45, 2.75) is 24.3 Å². The number of aryl methyl sites for hydroxylation is 1. The molecule has 0 saturated heterocycles. The monoisotopic (exact) mass is 333 g/mol. The van der Waals surface area contributed by atoms with Crippen LogP contribution in [0.15, 0.2) is 18.2 Å². The van der Waals surface area contributed by atoms with Crippen LogP contribution in [0.1, 0.15) is 29.0 Å². The molecule has 2 aromatic rings. The number of carbonyl (C=O) groups excluding carboxylic acids is 1. The van der Waals surface area contributed by atoms with Crippen molar-refractivity contribution in [2.24, 2.45) is 0 Å². The van der Waals surface area contributed by atoms with Crippen molar-refractivity contribution >= 4 is 23.5 Å². The Kier molecular flexibility index (Phi) is 4.21. The molecule has 122 valence electrons. The number of aromatic nitrogens is 2. The number of carbonyl (C=O) groups is 1. The highest BCUT2D eigenvalue weighted by Gasteiger charge is 2.34. The van der Waals surface area contributed by atoms with Gasteiger partial charge in [0.15, 0.2) is 17.3 Å². The predicted octanol–water partition coefficient (Wildman–Crippen LogP) is 2.90. The van der Waals surface area contributed by atoms with Crippen molar-refractivity contribution in [1.29, 1.82) is 0 Å². The molecule has 1 aliphatic rings. The quantitative estimate of drug-likeness (QED) is 0.903. The van der Waals surface area contributed by atoms with Gasteiger partial charge in [0.25, 0.3) is 0 Å². The second-order valence-corrected chi connectivity index (χ2v) is 6.79. The minimum Gasteiger partial charge on any atom is -0.493 e. The summed E-state index contributed by atoms with van der Waals surface area (Å²) in [6.45, 7) is 3.85. The predicted molar refractivity (Wildman–Crippen MR) is 90.4 cm³/mol. The number of hydrogen-bond acceptors (Lipinski definition) is 5. The maximum absolute atomic E-state index is 12.2. The lowest BCUT2D eigenvalue weighted by molar-refractivity contribution is -0.115. The number of methoxy groups -OCH3 is 2. The lowest BCUT2D eigenvalue weighted by atomic mass is 10.0. The number of nitrogens with zero attached hydrogens (tertiary/aromatic N) is 1. The lowest BCUT2D eigenvalue weighted by Crippen LogP contribution is -2.21. The van der Waals surface area contributed by atoms with Crippen LogP contribution in [0.2, 0.25) is 0 Å². The van der Waals surface area contributed by atoms with Crippen LogP contribution in [0.4, 0.5) is 5.82 Å². The SMILES string of the molecule is COc1cccc([C@H]2S[C@@H](C)C(=O)Nc3n[nH]c(C)c32)c1OC. The summed E-state index contributed by atoms with van der Waals surface area (Å²) < 4.78 is 11.0. The summed E-state index contributed by atoms with van der Waals surface area (Å²) in [5.74, 6) is 1.89. The Balaban J connectivity index is 2.18. The van der Waals surface area contributed by atoms with E-state index in [4.69, 9.17) is 9.47 Å². The molecular weight excluding hydrogens is 314 g/mol. The number of H-pyrrole nitrogens is 1. The minimum atomic E-state index is -0.204. The number of fused-ring (bicyclic) bond motifs is 1. The molecule has 0 radical (unpaired) electrons. The Labute approximate surface area is 138 Å². The van der Waals surface area contributed by atoms with Crippen molar-refractivity contribution in [3.05, 3.63) is 35.0 Å². The van der Waals surface area contributed by atoms with Crippen LogP contribution >= 0.6 is 11.8 Å². The Bertz CT molecular complexity index is 744. The standard InChI is InChI=1S/C16H19N3O3S/c1-8-12-14(10-6-5-7-11(21-3)13(10)22-4)23-9(2)16(20)17-15(12)19-18-8/h5-7,9,14H,1-4H3,(H2,17,18,19,20)/t9-,14+/m0/s1. The van der Waals surface area contributed by atoms with E-state index >= 15 is 0 Å². The fraction of sp³-hybridized carbons (Fsp3) is 0.375. The van der Waals surface area contributed by atoms with Crippen LogP contribution in [-0.4, -0.2) is 35.6 Å². The van der Waals surface area contributed by atoms with Gasteiger partial charge in [0.2, 0.25) is 5.91 Å². The zero-order valence-electron chi connectivity index (χ0n) is 13.5. The van der Waals surface area contributed by atoms with Gasteiger partial charge in [0.05, 0.1) is 24.7 Å². The van der Waals surface area contributed by atoms with Crippen LogP contribution < -0.4 is 14.8 Å². The fourth-order valence-electron chi connectivity index (χ4n) is 2.75. The summed E-state index contributed by atoms with van der Waals surface area (Å²) in [6, 6.07) is 5.79. The van der Waals surface area contributed by atoms with Gasteiger partial charge in [-0.05, 0) is 19.9 Å². The molecule has 23 heavy (non-hydrogen) atoms. The molecule has 1 amide bonds. The molecule has 2 heterocycles. The van der Waals surface area contributed by atoms with Gasteiger partial charge in [-0.15, -0.1) is 11.8 Å². The lowest BCUT2D eigenvalue weighted by Gasteiger charge is -2.21. The van der Waals surface area contributed by atoms with Crippen molar-refractivity contribution in [1.82, 2.24) is 10.2 Å². The molecule has 3 rings (SSSR count).